The summed E-state index contributed by atoms with van der Waals surface area (Å²) in [5.41, 5.74) is 4.72. The number of esters is 1. The summed E-state index contributed by atoms with van der Waals surface area (Å²) in [6.07, 6.45) is 3.77. The van der Waals surface area contributed by atoms with Gasteiger partial charge in [0.15, 0.2) is 0 Å². The van der Waals surface area contributed by atoms with Crippen molar-refractivity contribution in [3.8, 4) is 6.07 Å². The van der Waals surface area contributed by atoms with E-state index in [1.54, 1.807) is 6.92 Å². The van der Waals surface area contributed by atoms with E-state index in [0.717, 1.165) is 17.7 Å². The van der Waals surface area contributed by atoms with Crippen LogP contribution in [0.2, 0.25) is 0 Å². The molecule has 0 aliphatic rings. The van der Waals surface area contributed by atoms with Gasteiger partial charge in [-0.25, -0.2) is 4.79 Å². The van der Waals surface area contributed by atoms with Crippen LogP contribution in [-0.4, -0.2) is 17.1 Å². The van der Waals surface area contributed by atoms with Gasteiger partial charge in [0.1, 0.15) is 11.6 Å². The van der Waals surface area contributed by atoms with Crippen molar-refractivity contribution in [2.24, 2.45) is 0 Å². The van der Waals surface area contributed by atoms with Crippen molar-refractivity contribution in [3.63, 3.8) is 0 Å². The molecule has 3 aromatic carbocycles. The quantitative estimate of drug-likeness (QED) is 0.158. The van der Waals surface area contributed by atoms with Gasteiger partial charge in [-0.3, -0.25) is 0 Å². The fourth-order valence-corrected chi connectivity index (χ4v) is 4.06. The summed E-state index contributed by atoms with van der Waals surface area (Å²) in [6.45, 7) is 4.99. The number of hydrogen-bond acceptors (Lipinski definition) is 3. The average molecular weight is 421 g/mol. The highest BCUT2D eigenvalue weighted by Gasteiger charge is 2.16. The highest BCUT2D eigenvalue weighted by molar-refractivity contribution is 6.09. The minimum atomic E-state index is -0.611. The molecule has 0 aliphatic carbocycles. The Balaban J connectivity index is 1.83. The molecular formula is C28H24N2O2. The Labute approximate surface area is 187 Å². The SMILES string of the molecule is CCOC(=O)/C(C#N)=C(\C=C\c1ccc2c(c1)c1ccccc1n2CC)c1ccccc1. The number of benzene rings is 3. The number of fused-ring (bicyclic) bond motifs is 3. The number of para-hydroxylation sites is 1. The van der Waals surface area contributed by atoms with Crippen LogP contribution in [0.15, 0.2) is 84.4 Å². The standard InChI is InChI=1S/C28H24N2O2/c1-3-30-26-13-9-8-12-23(26)24-18-20(15-17-27(24)30)14-16-22(21-10-6-5-7-11-21)25(19-29)28(31)32-4-2/h5-18H,3-4H2,1-2H3/b16-14+,25-22+. The van der Waals surface area contributed by atoms with Gasteiger partial charge in [-0.15, -0.1) is 0 Å². The molecule has 0 amide bonds. The second-order valence-electron chi connectivity index (χ2n) is 7.36. The zero-order valence-corrected chi connectivity index (χ0v) is 18.2. The molecule has 0 N–H and O–H groups in total. The topological polar surface area (TPSA) is 55.0 Å². The number of rotatable bonds is 6. The van der Waals surface area contributed by atoms with Crippen molar-refractivity contribution in [1.82, 2.24) is 4.57 Å². The highest BCUT2D eigenvalue weighted by atomic mass is 16.5. The van der Waals surface area contributed by atoms with Gasteiger partial charge in [0, 0.05) is 33.9 Å². The number of nitriles is 1. The number of aromatic nitrogens is 1. The van der Waals surface area contributed by atoms with Crippen LogP contribution >= 0.6 is 0 Å². The summed E-state index contributed by atoms with van der Waals surface area (Å²) in [7, 11) is 0. The molecule has 4 aromatic rings. The van der Waals surface area contributed by atoms with Gasteiger partial charge in [0.25, 0.3) is 0 Å². The Hall–Kier alpha value is -4.10. The van der Waals surface area contributed by atoms with Crippen LogP contribution < -0.4 is 0 Å². The van der Waals surface area contributed by atoms with Gasteiger partial charge in [0.05, 0.1) is 6.61 Å². The minimum Gasteiger partial charge on any atom is -0.462 e. The molecule has 1 aromatic heterocycles. The fraction of sp³-hybridized carbons (Fsp3) is 0.143. The van der Waals surface area contributed by atoms with E-state index in [1.165, 1.54) is 21.8 Å². The number of carbonyl (C=O) groups excluding carboxylic acids is 1. The zero-order valence-electron chi connectivity index (χ0n) is 18.2. The Bertz CT molecular complexity index is 1390. The molecule has 158 valence electrons. The summed E-state index contributed by atoms with van der Waals surface area (Å²) >= 11 is 0. The number of nitrogens with zero attached hydrogens (tertiary/aromatic N) is 2. The van der Waals surface area contributed by atoms with Gasteiger partial charge in [-0.2, -0.15) is 5.26 Å². The number of aryl methyl sites for hydroxylation is 1. The first-order chi connectivity index (χ1) is 15.7. The molecule has 0 aliphatic heterocycles. The van der Waals surface area contributed by atoms with Gasteiger partial charge in [-0.05, 0) is 43.2 Å². The van der Waals surface area contributed by atoms with Crippen LogP contribution in [-0.2, 0) is 16.1 Å². The van der Waals surface area contributed by atoms with Gasteiger partial charge in [0.2, 0.25) is 0 Å². The van der Waals surface area contributed by atoms with E-state index >= 15 is 0 Å². The number of hydrogen-bond donors (Lipinski definition) is 0. The van der Waals surface area contributed by atoms with Crippen LogP contribution in [0.3, 0.4) is 0 Å². The predicted octanol–water partition coefficient (Wildman–Crippen LogP) is 6.37. The van der Waals surface area contributed by atoms with Crippen LogP contribution in [0.1, 0.15) is 25.0 Å². The maximum absolute atomic E-state index is 12.4. The number of carbonyl (C=O) groups is 1. The van der Waals surface area contributed by atoms with Crippen molar-refractivity contribution in [3.05, 3.63) is 95.6 Å². The van der Waals surface area contributed by atoms with Crippen LogP contribution in [0.4, 0.5) is 0 Å². The smallest absolute Gasteiger partial charge is 0.349 e. The second-order valence-corrected chi connectivity index (χ2v) is 7.36. The third kappa shape index (κ3) is 3.93. The molecule has 4 nitrogen and oxygen atoms in total. The Kier molecular flexibility index (Phi) is 6.19. The lowest BCUT2D eigenvalue weighted by Gasteiger charge is -2.07. The zero-order chi connectivity index (χ0) is 22.5. The molecule has 0 fully saturated rings. The molecule has 4 heteroatoms. The Morgan fingerprint density at radius 3 is 2.41 bits per heavy atom. The summed E-state index contributed by atoms with van der Waals surface area (Å²) < 4.78 is 7.42. The van der Waals surface area contributed by atoms with E-state index in [2.05, 4.69) is 54.0 Å². The van der Waals surface area contributed by atoms with Crippen LogP contribution in [0, 0.1) is 11.3 Å². The molecule has 0 radical (unpaired) electrons. The first kappa shape index (κ1) is 21.1. The van der Waals surface area contributed by atoms with Crippen LogP contribution in [0.25, 0.3) is 33.5 Å². The number of ether oxygens (including phenoxy) is 1. The van der Waals surface area contributed by atoms with Gasteiger partial charge >= 0.3 is 5.97 Å². The molecule has 0 saturated carbocycles. The molecule has 0 bridgehead atoms. The second kappa shape index (κ2) is 9.36. The summed E-state index contributed by atoms with van der Waals surface area (Å²) in [6, 6.07) is 26.2. The molecule has 4 rings (SSSR count). The number of allylic oxidation sites excluding steroid dienone is 2. The lowest BCUT2D eigenvalue weighted by Crippen LogP contribution is -2.08. The molecular weight excluding hydrogens is 396 g/mol. The summed E-state index contributed by atoms with van der Waals surface area (Å²) in [5.74, 6) is -0.611. The lowest BCUT2D eigenvalue weighted by atomic mass is 9.98. The molecule has 0 unspecified atom stereocenters. The largest absolute Gasteiger partial charge is 0.462 e. The van der Waals surface area contributed by atoms with Gasteiger partial charge < -0.3 is 9.30 Å². The summed E-state index contributed by atoms with van der Waals surface area (Å²) in [4.78, 5) is 12.4. The Morgan fingerprint density at radius 2 is 1.69 bits per heavy atom. The van der Waals surface area contributed by atoms with E-state index in [4.69, 9.17) is 4.74 Å². The average Bonchev–Trinajstić information content (AvgIpc) is 3.15. The van der Waals surface area contributed by atoms with E-state index in [9.17, 15) is 10.1 Å². The van der Waals surface area contributed by atoms with Crippen molar-refractivity contribution >= 4 is 39.4 Å². The molecule has 32 heavy (non-hydrogen) atoms. The first-order valence-electron chi connectivity index (χ1n) is 10.7. The third-order valence-corrected chi connectivity index (χ3v) is 5.50. The lowest BCUT2D eigenvalue weighted by molar-refractivity contribution is -0.137. The fourth-order valence-electron chi connectivity index (χ4n) is 4.06. The van der Waals surface area contributed by atoms with Crippen molar-refractivity contribution < 1.29 is 9.53 Å². The predicted molar refractivity (Wildman–Crippen MR) is 130 cm³/mol. The van der Waals surface area contributed by atoms with Crippen molar-refractivity contribution in [2.45, 2.75) is 20.4 Å². The summed E-state index contributed by atoms with van der Waals surface area (Å²) in [5, 5.41) is 12.1. The minimum absolute atomic E-state index is 0.00189. The van der Waals surface area contributed by atoms with Crippen molar-refractivity contribution in [2.75, 3.05) is 6.61 Å². The normalized spacial score (nSPS) is 12.2. The molecule has 1 heterocycles. The van der Waals surface area contributed by atoms with E-state index in [-0.39, 0.29) is 12.2 Å². The molecule has 0 atom stereocenters. The van der Waals surface area contributed by atoms with E-state index in [1.807, 2.05) is 48.6 Å². The molecule has 0 saturated heterocycles. The highest BCUT2D eigenvalue weighted by Crippen LogP contribution is 2.30. The monoisotopic (exact) mass is 420 g/mol. The maximum atomic E-state index is 12.4. The Morgan fingerprint density at radius 1 is 0.969 bits per heavy atom. The third-order valence-electron chi connectivity index (χ3n) is 5.50. The van der Waals surface area contributed by atoms with E-state index < -0.39 is 5.97 Å². The van der Waals surface area contributed by atoms with Gasteiger partial charge in [-0.1, -0.05) is 66.7 Å². The maximum Gasteiger partial charge on any atom is 0.349 e. The van der Waals surface area contributed by atoms with E-state index in [0.29, 0.717) is 5.57 Å². The van der Waals surface area contributed by atoms with Crippen molar-refractivity contribution in [1.29, 1.82) is 5.26 Å². The van der Waals surface area contributed by atoms with Crippen LogP contribution in [0.5, 0.6) is 0 Å². The molecule has 0 spiro atoms. The first-order valence-corrected chi connectivity index (χ1v) is 10.7.